The summed E-state index contributed by atoms with van der Waals surface area (Å²) in [6.45, 7) is 4.72. The number of amides is 3. The van der Waals surface area contributed by atoms with Gasteiger partial charge in [-0.3, -0.25) is 10.1 Å². The van der Waals surface area contributed by atoms with Crippen molar-refractivity contribution in [3.63, 3.8) is 0 Å². The van der Waals surface area contributed by atoms with Crippen molar-refractivity contribution < 1.29 is 14.3 Å². The van der Waals surface area contributed by atoms with E-state index < -0.39 is 6.03 Å². The second-order valence-electron chi connectivity index (χ2n) is 4.41. The molecule has 0 saturated heterocycles. The minimum Gasteiger partial charge on any atom is -0.492 e. The zero-order valence-corrected chi connectivity index (χ0v) is 13.7. The van der Waals surface area contributed by atoms with Crippen LogP contribution in [0.1, 0.15) is 24.3 Å². The van der Waals surface area contributed by atoms with Crippen molar-refractivity contribution >= 4 is 34.1 Å². The van der Waals surface area contributed by atoms with E-state index in [1.165, 1.54) is 11.3 Å². The minimum absolute atomic E-state index is 0.265. The van der Waals surface area contributed by atoms with Crippen molar-refractivity contribution in [2.45, 2.75) is 13.8 Å². The molecule has 7 nitrogen and oxygen atoms in total. The number of thiazole rings is 1. The number of ether oxygens (including phenoxy) is 1. The van der Waals surface area contributed by atoms with Crippen molar-refractivity contribution in [3.05, 3.63) is 35.3 Å². The van der Waals surface area contributed by atoms with Gasteiger partial charge in [0.15, 0.2) is 5.13 Å². The molecule has 122 valence electrons. The molecule has 0 aliphatic heterocycles. The van der Waals surface area contributed by atoms with E-state index in [2.05, 4.69) is 20.9 Å². The molecule has 0 unspecified atom stereocenters. The fraction of sp³-hybridized carbons (Fsp3) is 0.267. The number of para-hydroxylation sites is 2. The molecule has 2 rings (SSSR count). The predicted octanol–water partition coefficient (Wildman–Crippen LogP) is 2.94. The molecule has 0 aliphatic carbocycles. The number of benzene rings is 1. The number of urea groups is 1. The summed E-state index contributed by atoms with van der Waals surface area (Å²) in [5, 5.41) is 9.88. The smallest absolute Gasteiger partial charge is 0.325 e. The lowest BCUT2D eigenvalue weighted by Crippen LogP contribution is -2.23. The number of nitrogens with one attached hydrogen (secondary N) is 3. The highest BCUT2D eigenvalue weighted by Crippen LogP contribution is 2.24. The van der Waals surface area contributed by atoms with Crippen molar-refractivity contribution in [2.24, 2.45) is 0 Å². The highest BCUT2D eigenvalue weighted by atomic mass is 32.1. The molecule has 0 spiro atoms. The minimum atomic E-state index is -0.450. The third-order valence-electron chi connectivity index (χ3n) is 2.73. The van der Waals surface area contributed by atoms with Gasteiger partial charge in [0.25, 0.3) is 5.91 Å². The van der Waals surface area contributed by atoms with Crippen molar-refractivity contribution in [1.29, 1.82) is 0 Å². The maximum Gasteiger partial charge on any atom is 0.325 e. The quantitative estimate of drug-likeness (QED) is 0.757. The van der Waals surface area contributed by atoms with E-state index in [1.807, 2.05) is 19.9 Å². The summed E-state index contributed by atoms with van der Waals surface area (Å²) < 4.78 is 5.44. The Balaban J connectivity index is 1.99. The fourth-order valence-electron chi connectivity index (χ4n) is 1.79. The molecule has 1 aromatic heterocycles. The molecule has 0 aliphatic rings. The number of carbonyl (C=O) groups excluding carboxylic acids is 2. The number of anilines is 2. The lowest BCUT2D eigenvalue weighted by molar-refractivity contribution is 0.0951. The van der Waals surface area contributed by atoms with Gasteiger partial charge in [-0.2, -0.15) is 0 Å². The standard InChI is InChI=1S/C15H18N4O3S/c1-3-16-13(20)11-9-23-15(18-11)19-14(21)17-10-7-5-6-8-12(10)22-4-2/h5-9H,3-4H2,1-2H3,(H,16,20)(H2,17,18,19,21). The van der Waals surface area contributed by atoms with E-state index in [0.717, 1.165) is 0 Å². The predicted molar refractivity (Wildman–Crippen MR) is 90.4 cm³/mol. The summed E-state index contributed by atoms with van der Waals surface area (Å²) in [6.07, 6.45) is 0. The first-order chi connectivity index (χ1) is 11.1. The summed E-state index contributed by atoms with van der Waals surface area (Å²) in [6, 6.07) is 6.69. The van der Waals surface area contributed by atoms with E-state index in [-0.39, 0.29) is 11.6 Å². The summed E-state index contributed by atoms with van der Waals surface area (Å²) >= 11 is 1.18. The Kier molecular flexibility index (Phi) is 5.93. The molecule has 1 aromatic carbocycles. The molecule has 2 aromatic rings. The monoisotopic (exact) mass is 334 g/mol. The van der Waals surface area contributed by atoms with Gasteiger partial charge in [0.1, 0.15) is 11.4 Å². The van der Waals surface area contributed by atoms with Crippen LogP contribution in [-0.4, -0.2) is 30.1 Å². The Morgan fingerprint density at radius 3 is 2.74 bits per heavy atom. The average molecular weight is 334 g/mol. The zero-order chi connectivity index (χ0) is 16.7. The first-order valence-electron chi connectivity index (χ1n) is 7.17. The lowest BCUT2D eigenvalue weighted by Gasteiger charge is -2.11. The number of carbonyl (C=O) groups is 2. The summed E-state index contributed by atoms with van der Waals surface area (Å²) in [5.41, 5.74) is 0.842. The van der Waals surface area contributed by atoms with Crippen molar-refractivity contribution in [1.82, 2.24) is 10.3 Å². The van der Waals surface area contributed by atoms with E-state index in [1.54, 1.807) is 23.6 Å². The SMILES string of the molecule is CCNC(=O)c1csc(NC(=O)Nc2ccccc2OCC)n1. The Morgan fingerprint density at radius 2 is 2.00 bits per heavy atom. The number of hydrogen-bond acceptors (Lipinski definition) is 5. The highest BCUT2D eigenvalue weighted by molar-refractivity contribution is 7.14. The van der Waals surface area contributed by atoms with E-state index >= 15 is 0 Å². The van der Waals surface area contributed by atoms with Crippen LogP contribution in [0.25, 0.3) is 0 Å². The van der Waals surface area contributed by atoms with Crippen LogP contribution in [0.5, 0.6) is 5.75 Å². The Labute approximate surface area is 138 Å². The summed E-state index contributed by atoms with van der Waals surface area (Å²) in [4.78, 5) is 27.7. The van der Waals surface area contributed by atoms with Crippen LogP contribution in [0.4, 0.5) is 15.6 Å². The van der Waals surface area contributed by atoms with Gasteiger partial charge in [0, 0.05) is 11.9 Å². The topological polar surface area (TPSA) is 92.4 Å². The maximum absolute atomic E-state index is 12.0. The average Bonchev–Trinajstić information content (AvgIpc) is 2.98. The molecule has 3 N–H and O–H groups in total. The molecule has 8 heteroatoms. The van der Waals surface area contributed by atoms with Gasteiger partial charge in [0.05, 0.1) is 12.3 Å². The third kappa shape index (κ3) is 4.68. The Morgan fingerprint density at radius 1 is 1.22 bits per heavy atom. The first-order valence-corrected chi connectivity index (χ1v) is 8.05. The molecule has 0 bridgehead atoms. The van der Waals surface area contributed by atoms with Crippen molar-refractivity contribution in [3.8, 4) is 5.75 Å². The lowest BCUT2D eigenvalue weighted by atomic mass is 10.3. The molecular formula is C15H18N4O3S. The van der Waals surface area contributed by atoms with E-state index in [0.29, 0.717) is 29.7 Å². The first kappa shape index (κ1) is 16.8. The number of hydrogen-bond donors (Lipinski definition) is 3. The van der Waals surface area contributed by atoms with Gasteiger partial charge < -0.3 is 15.4 Å². The van der Waals surface area contributed by atoms with Gasteiger partial charge in [-0.15, -0.1) is 11.3 Å². The molecule has 3 amide bonds. The number of aromatic nitrogens is 1. The molecule has 0 saturated carbocycles. The van der Waals surface area contributed by atoms with Gasteiger partial charge in [-0.05, 0) is 26.0 Å². The molecule has 23 heavy (non-hydrogen) atoms. The molecule has 0 fully saturated rings. The normalized spacial score (nSPS) is 10.0. The fourth-order valence-corrected chi connectivity index (χ4v) is 2.47. The number of rotatable bonds is 6. The van der Waals surface area contributed by atoms with Crippen LogP contribution in [0.15, 0.2) is 29.6 Å². The summed E-state index contributed by atoms with van der Waals surface area (Å²) in [7, 11) is 0. The molecule has 0 atom stereocenters. The largest absolute Gasteiger partial charge is 0.492 e. The van der Waals surface area contributed by atoms with Gasteiger partial charge in [-0.1, -0.05) is 12.1 Å². The maximum atomic E-state index is 12.0. The Hall–Kier alpha value is -2.61. The van der Waals surface area contributed by atoms with Gasteiger partial charge in [-0.25, -0.2) is 9.78 Å². The van der Waals surface area contributed by atoms with Gasteiger partial charge in [0.2, 0.25) is 0 Å². The second-order valence-corrected chi connectivity index (χ2v) is 5.26. The number of nitrogens with zero attached hydrogens (tertiary/aromatic N) is 1. The van der Waals surface area contributed by atoms with E-state index in [4.69, 9.17) is 4.74 Å². The van der Waals surface area contributed by atoms with E-state index in [9.17, 15) is 9.59 Å². The zero-order valence-electron chi connectivity index (χ0n) is 12.9. The molecule has 0 radical (unpaired) electrons. The van der Waals surface area contributed by atoms with Gasteiger partial charge >= 0.3 is 6.03 Å². The summed E-state index contributed by atoms with van der Waals surface area (Å²) in [5.74, 6) is 0.325. The van der Waals surface area contributed by atoms with Crippen LogP contribution in [-0.2, 0) is 0 Å². The van der Waals surface area contributed by atoms with Crippen LogP contribution in [0.2, 0.25) is 0 Å². The molecular weight excluding hydrogens is 316 g/mol. The third-order valence-corrected chi connectivity index (χ3v) is 3.49. The van der Waals surface area contributed by atoms with Crippen molar-refractivity contribution in [2.75, 3.05) is 23.8 Å². The highest BCUT2D eigenvalue weighted by Gasteiger charge is 2.12. The van der Waals surface area contributed by atoms with Crippen LogP contribution < -0.4 is 20.7 Å². The van der Waals surface area contributed by atoms with Crippen LogP contribution in [0, 0.1) is 0 Å². The van der Waals surface area contributed by atoms with Crippen LogP contribution >= 0.6 is 11.3 Å². The Bertz CT molecular complexity index is 687. The van der Waals surface area contributed by atoms with Crippen LogP contribution in [0.3, 0.4) is 0 Å². The second kappa shape index (κ2) is 8.14. The molecule has 1 heterocycles.